The van der Waals surface area contributed by atoms with Crippen LogP contribution in [0.2, 0.25) is 0 Å². The third kappa shape index (κ3) is 7.56. The fourth-order valence-electron chi connectivity index (χ4n) is 2.00. The Morgan fingerprint density at radius 2 is 1.91 bits per heavy atom. The van der Waals surface area contributed by atoms with Crippen LogP contribution < -0.4 is 0 Å². The van der Waals surface area contributed by atoms with Crippen LogP contribution in [0, 0.1) is 12.8 Å². The average molecular weight is 333 g/mol. The molecule has 0 heterocycles. The van der Waals surface area contributed by atoms with Crippen molar-refractivity contribution in [3.63, 3.8) is 0 Å². The van der Waals surface area contributed by atoms with E-state index >= 15 is 0 Å². The van der Waals surface area contributed by atoms with Crippen LogP contribution in [0.5, 0.6) is 0 Å². The summed E-state index contributed by atoms with van der Waals surface area (Å²) in [6.45, 7) is 8.40. The molecule has 2 rings (SSSR count). The predicted octanol–water partition coefficient (Wildman–Crippen LogP) is 5.57. The lowest BCUT2D eigenvalue weighted by molar-refractivity contribution is -0.146. The molecule has 1 aliphatic rings. The summed E-state index contributed by atoms with van der Waals surface area (Å²) < 4.78 is 5.38. The van der Waals surface area contributed by atoms with Gasteiger partial charge in [0.15, 0.2) is 0 Å². The maximum absolute atomic E-state index is 12.0. The minimum absolute atomic E-state index is 0.0931. The van der Waals surface area contributed by atoms with Crippen molar-refractivity contribution in [1.82, 2.24) is 0 Å². The molecule has 1 unspecified atom stereocenters. The van der Waals surface area contributed by atoms with Crippen molar-refractivity contribution in [2.45, 2.75) is 45.4 Å². The van der Waals surface area contributed by atoms with E-state index in [2.05, 4.69) is 43.3 Å². The summed E-state index contributed by atoms with van der Waals surface area (Å²) in [6.07, 6.45) is 8.44. The van der Waals surface area contributed by atoms with Crippen molar-refractivity contribution < 1.29 is 9.53 Å². The first-order valence-electron chi connectivity index (χ1n) is 8.37. The minimum Gasteiger partial charge on any atom is -0.461 e. The van der Waals surface area contributed by atoms with Gasteiger partial charge in [-0.25, -0.2) is 0 Å². The highest BCUT2D eigenvalue weighted by Gasteiger charge is 2.15. The number of carbonyl (C=O) groups is 1. The normalized spacial score (nSPS) is 14.3. The lowest BCUT2D eigenvalue weighted by atomic mass is 10.1. The van der Waals surface area contributed by atoms with Crippen LogP contribution >= 0.6 is 11.8 Å². The lowest BCUT2D eigenvalue weighted by Gasteiger charge is -2.13. The second-order valence-corrected chi connectivity index (χ2v) is 6.48. The third-order valence-corrected chi connectivity index (χ3v) is 4.65. The first kappa shape index (κ1) is 19.6. The molecular weight excluding hydrogens is 304 g/mol. The van der Waals surface area contributed by atoms with Gasteiger partial charge >= 0.3 is 5.97 Å². The highest BCUT2D eigenvalue weighted by molar-refractivity contribution is 7.99. The highest BCUT2D eigenvalue weighted by atomic mass is 32.2. The predicted molar refractivity (Wildman–Crippen MR) is 99.8 cm³/mol. The van der Waals surface area contributed by atoms with Gasteiger partial charge in [-0.15, -0.1) is 11.8 Å². The number of allylic oxidation sites excluding steroid dienone is 2. The number of aryl methyl sites for hydroxylation is 1. The summed E-state index contributed by atoms with van der Waals surface area (Å²) in [7, 11) is 0. The number of hydrogen-bond acceptors (Lipinski definition) is 3. The van der Waals surface area contributed by atoms with Crippen LogP contribution in [0.1, 0.15) is 39.2 Å². The Balaban J connectivity index is 0.00000127. The number of hydrogen-bond donors (Lipinski definition) is 0. The molecule has 0 aliphatic heterocycles. The number of thioether (sulfide) groups is 1. The molecule has 0 saturated carbocycles. The number of ether oxygens (including phenoxy) is 1. The van der Waals surface area contributed by atoms with E-state index in [9.17, 15) is 4.79 Å². The van der Waals surface area contributed by atoms with Crippen molar-refractivity contribution in [2.75, 3.05) is 12.4 Å². The second kappa shape index (κ2) is 11.1. The molecule has 1 aliphatic carbocycles. The average Bonchev–Trinajstić information content (AvgIpc) is 2.61. The lowest BCUT2D eigenvalue weighted by Crippen LogP contribution is -2.18. The first-order valence-corrected chi connectivity index (χ1v) is 9.35. The number of esters is 1. The van der Waals surface area contributed by atoms with E-state index in [0.29, 0.717) is 6.61 Å². The van der Waals surface area contributed by atoms with Gasteiger partial charge in [0, 0.05) is 10.6 Å². The fraction of sp³-hybridized carbons (Fsp3) is 0.450. The molecule has 126 valence electrons. The zero-order valence-electron chi connectivity index (χ0n) is 14.7. The maximum Gasteiger partial charge on any atom is 0.309 e. The van der Waals surface area contributed by atoms with E-state index in [1.807, 2.05) is 26.8 Å². The van der Waals surface area contributed by atoms with Crippen LogP contribution in [0.4, 0.5) is 0 Å². The SMILES string of the molecule is CC.Cc1ccc(SCC(C)C(=O)OCC2=CCCC=C2)cc1. The molecule has 0 N–H and O–H groups in total. The van der Waals surface area contributed by atoms with E-state index in [0.717, 1.165) is 24.2 Å². The topological polar surface area (TPSA) is 26.3 Å². The molecule has 1 aromatic rings. The molecule has 0 saturated heterocycles. The standard InChI is InChI=1S/C18H22O2S.C2H6/c1-14-8-10-17(11-9-14)21-13-15(2)18(19)20-12-16-6-4-3-5-7-16;1-2/h4,6-11,15H,3,5,12-13H2,1-2H3;1-2H3. The maximum atomic E-state index is 12.0. The van der Waals surface area contributed by atoms with Crippen LogP contribution in [0.15, 0.2) is 53.0 Å². The Hall–Kier alpha value is -1.48. The molecule has 3 heteroatoms. The van der Waals surface area contributed by atoms with Crippen LogP contribution in [-0.4, -0.2) is 18.3 Å². The zero-order chi connectivity index (χ0) is 17.1. The van der Waals surface area contributed by atoms with Crippen molar-refractivity contribution in [1.29, 1.82) is 0 Å². The van der Waals surface area contributed by atoms with Crippen molar-refractivity contribution in [2.24, 2.45) is 5.92 Å². The van der Waals surface area contributed by atoms with Crippen LogP contribution in [-0.2, 0) is 9.53 Å². The Kier molecular flexibility index (Phi) is 9.46. The van der Waals surface area contributed by atoms with Gasteiger partial charge in [0.25, 0.3) is 0 Å². The molecule has 0 spiro atoms. The third-order valence-electron chi connectivity index (χ3n) is 3.38. The van der Waals surface area contributed by atoms with Crippen molar-refractivity contribution in [3.05, 3.63) is 53.6 Å². The fourth-order valence-corrected chi connectivity index (χ4v) is 2.90. The molecule has 0 bridgehead atoms. The monoisotopic (exact) mass is 332 g/mol. The van der Waals surface area contributed by atoms with E-state index in [-0.39, 0.29) is 11.9 Å². The molecule has 0 radical (unpaired) electrons. The van der Waals surface area contributed by atoms with Gasteiger partial charge in [0.1, 0.15) is 6.61 Å². The van der Waals surface area contributed by atoms with Gasteiger partial charge in [0.2, 0.25) is 0 Å². The number of benzene rings is 1. The Bertz CT molecular complexity index is 529. The Morgan fingerprint density at radius 1 is 1.22 bits per heavy atom. The van der Waals surface area contributed by atoms with Gasteiger partial charge < -0.3 is 4.74 Å². The van der Waals surface area contributed by atoms with E-state index < -0.39 is 0 Å². The highest BCUT2D eigenvalue weighted by Crippen LogP contribution is 2.21. The molecule has 0 fully saturated rings. The van der Waals surface area contributed by atoms with Gasteiger partial charge in [-0.2, -0.15) is 0 Å². The molecule has 1 aromatic carbocycles. The summed E-state index contributed by atoms with van der Waals surface area (Å²) in [4.78, 5) is 13.2. The quantitative estimate of drug-likeness (QED) is 0.503. The number of carbonyl (C=O) groups excluding carboxylic acids is 1. The molecule has 0 aromatic heterocycles. The van der Waals surface area contributed by atoms with Crippen LogP contribution in [0.25, 0.3) is 0 Å². The summed E-state index contributed by atoms with van der Waals surface area (Å²) in [5.74, 6) is 0.538. The summed E-state index contributed by atoms with van der Waals surface area (Å²) in [6, 6.07) is 8.37. The molecule has 23 heavy (non-hydrogen) atoms. The summed E-state index contributed by atoms with van der Waals surface area (Å²) >= 11 is 1.70. The smallest absolute Gasteiger partial charge is 0.309 e. The molecule has 1 atom stereocenters. The van der Waals surface area contributed by atoms with Crippen LogP contribution in [0.3, 0.4) is 0 Å². The Morgan fingerprint density at radius 3 is 2.52 bits per heavy atom. The zero-order valence-corrected chi connectivity index (χ0v) is 15.5. The van der Waals surface area contributed by atoms with Crippen molar-refractivity contribution >= 4 is 17.7 Å². The minimum atomic E-state index is -0.116. The molecular formula is C20H28O2S. The van der Waals surface area contributed by atoms with Gasteiger partial charge in [-0.3, -0.25) is 4.79 Å². The second-order valence-electron chi connectivity index (χ2n) is 5.39. The molecule has 0 amide bonds. The summed E-state index contributed by atoms with van der Waals surface area (Å²) in [5.41, 5.74) is 2.36. The Labute approximate surface area is 145 Å². The van der Waals surface area contributed by atoms with E-state index in [4.69, 9.17) is 4.74 Å². The molecule has 2 nitrogen and oxygen atoms in total. The van der Waals surface area contributed by atoms with Crippen molar-refractivity contribution in [3.8, 4) is 0 Å². The van der Waals surface area contributed by atoms with Gasteiger partial charge in [-0.1, -0.05) is 56.7 Å². The van der Waals surface area contributed by atoms with E-state index in [1.54, 1.807) is 11.8 Å². The summed E-state index contributed by atoms with van der Waals surface area (Å²) in [5, 5.41) is 0. The largest absolute Gasteiger partial charge is 0.461 e. The van der Waals surface area contributed by atoms with E-state index in [1.165, 1.54) is 10.5 Å². The van der Waals surface area contributed by atoms with Gasteiger partial charge in [-0.05, 0) is 37.5 Å². The first-order chi connectivity index (χ1) is 11.1. The number of rotatable bonds is 6. The van der Waals surface area contributed by atoms with Gasteiger partial charge in [0.05, 0.1) is 5.92 Å².